The minimum absolute atomic E-state index is 0.00154. The third-order valence-corrected chi connectivity index (χ3v) is 6.20. The Bertz CT molecular complexity index is 849. The van der Waals surface area contributed by atoms with Crippen LogP contribution in [0.1, 0.15) is 26.7 Å². The van der Waals surface area contributed by atoms with Gasteiger partial charge in [0.2, 0.25) is 0 Å². The summed E-state index contributed by atoms with van der Waals surface area (Å²) in [4.78, 5) is 14.4. The molecule has 160 valence electrons. The lowest BCUT2D eigenvalue weighted by Gasteiger charge is -2.30. The normalized spacial score (nSPS) is 20.2. The summed E-state index contributed by atoms with van der Waals surface area (Å²) in [6.45, 7) is 3.91. The minimum atomic E-state index is -4.05. The highest BCUT2D eigenvalue weighted by molar-refractivity contribution is 7.86. The van der Waals surface area contributed by atoms with E-state index >= 15 is 0 Å². The molecule has 1 unspecified atom stereocenters. The second-order valence-electron chi connectivity index (χ2n) is 7.18. The second kappa shape index (κ2) is 10.2. The number of carbonyl (C=O) groups excluding carboxylic acids is 1. The first kappa shape index (κ1) is 23.3. The van der Waals surface area contributed by atoms with Crippen molar-refractivity contribution in [2.75, 3.05) is 26.8 Å². The molecule has 1 aliphatic carbocycles. The number of aliphatic hydroxyl groups is 1. The van der Waals surface area contributed by atoms with Gasteiger partial charge >= 0.3 is 0 Å². The van der Waals surface area contributed by atoms with Gasteiger partial charge in [-0.1, -0.05) is 36.4 Å². The number of nitrogens with zero attached hydrogens (tertiary/aromatic N) is 1. The van der Waals surface area contributed by atoms with Crippen molar-refractivity contribution in [3.8, 4) is 0 Å². The third-order valence-electron chi connectivity index (χ3n) is 4.81. The molecule has 1 amide bonds. The molecule has 0 saturated heterocycles. The minimum Gasteiger partial charge on any atom is -0.396 e. The van der Waals surface area contributed by atoms with Gasteiger partial charge in [-0.2, -0.15) is 8.42 Å². The molecular formula is C21H29NO6S. The van der Waals surface area contributed by atoms with E-state index in [1.807, 2.05) is 25.2 Å². The van der Waals surface area contributed by atoms with E-state index in [1.54, 1.807) is 25.3 Å². The molecule has 7 nitrogen and oxygen atoms in total. The zero-order chi connectivity index (χ0) is 21.5. The maximum atomic E-state index is 12.9. The molecule has 0 fully saturated rings. The lowest BCUT2D eigenvalue weighted by Crippen LogP contribution is -2.42. The fourth-order valence-electron chi connectivity index (χ4n) is 2.90. The van der Waals surface area contributed by atoms with Crippen molar-refractivity contribution < 1.29 is 27.2 Å². The molecule has 0 radical (unpaired) electrons. The fraction of sp³-hybridized carbons (Fsp3) is 0.476. The first-order valence-corrected chi connectivity index (χ1v) is 10.9. The van der Waals surface area contributed by atoms with Gasteiger partial charge < -0.3 is 14.7 Å². The largest absolute Gasteiger partial charge is 0.396 e. The predicted octanol–water partition coefficient (Wildman–Crippen LogP) is 2.28. The Kier molecular flexibility index (Phi) is 8.15. The van der Waals surface area contributed by atoms with Crippen LogP contribution in [0.15, 0.2) is 59.0 Å². The molecule has 1 aliphatic rings. The van der Waals surface area contributed by atoms with E-state index in [4.69, 9.17) is 14.0 Å². The number of aliphatic hydroxyl groups excluding tert-OH is 1. The van der Waals surface area contributed by atoms with Crippen LogP contribution in [0.5, 0.6) is 0 Å². The maximum Gasteiger partial charge on any atom is 0.297 e. The predicted molar refractivity (Wildman–Crippen MR) is 110 cm³/mol. The van der Waals surface area contributed by atoms with Gasteiger partial charge in [-0.25, -0.2) is 0 Å². The van der Waals surface area contributed by atoms with Crippen LogP contribution in [0, 0.1) is 0 Å². The van der Waals surface area contributed by atoms with Crippen LogP contribution in [0.4, 0.5) is 0 Å². The monoisotopic (exact) mass is 423 g/mol. The number of carbonyl (C=O) groups is 1. The highest BCUT2D eigenvalue weighted by atomic mass is 32.2. The summed E-state index contributed by atoms with van der Waals surface area (Å²) < 4.78 is 35.4. The molecule has 2 rings (SSSR count). The van der Waals surface area contributed by atoms with Gasteiger partial charge in [0, 0.05) is 26.8 Å². The Labute approximate surface area is 172 Å². The van der Waals surface area contributed by atoms with E-state index in [-0.39, 0.29) is 17.1 Å². The SMILES string of the molecule is COC1(C)C=CC(CN(CCCO)C(=O)[C@H](C)OS(=O)(=O)c2ccccc2)=CC1. The molecule has 0 aromatic heterocycles. The number of benzene rings is 1. The van der Waals surface area contributed by atoms with E-state index in [2.05, 4.69) is 0 Å². The molecule has 1 N–H and O–H groups in total. The molecule has 2 atom stereocenters. The summed E-state index contributed by atoms with van der Waals surface area (Å²) in [5.74, 6) is -0.452. The molecule has 29 heavy (non-hydrogen) atoms. The number of hydrogen-bond donors (Lipinski definition) is 1. The van der Waals surface area contributed by atoms with Gasteiger partial charge in [0.05, 0.1) is 10.5 Å². The van der Waals surface area contributed by atoms with Crippen molar-refractivity contribution in [3.05, 3.63) is 54.1 Å². The molecule has 8 heteroatoms. The Balaban J connectivity index is 2.09. The summed E-state index contributed by atoms with van der Waals surface area (Å²) in [6.07, 6.45) is 5.71. The number of amides is 1. The Hall–Kier alpha value is -2.00. The van der Waals surface area contributed by atoms with Crippen molar-refractivity contribution in [2.45, 2.75) is 43.3 Å². The van der Waals surface area contributed by atoms with E-state index in [0.29, 0.717) is 25.9 Å². The first-order valence-electron chi connectivity index (χ1n) is 9.52. The van der Waals surface area contributed by atoms with Crippen LogP contribution in [0.2, 0.25) is 0 Å². The van der Waals surface area contributed by atoms with Gasteiger partial charge in [-0.05, 0) is 44.4 Å². The van der Waals surface area contributed by atoms with E-state index in [9.17, 15) is 13.2 Å². The first-order chi connectivity index (χ1) is 13.7. The van der Waals surface area contributed by atoms with Crippen molar-refractivity contribution in [1.29, 1.82) is 0 Å². The average molecular weight is 424 g/mol. The molecular weight excluding hydrogens is 394 g/mol. The van der Waals surface area contributed by atoms with E-state index < -0.39 is 22.1 Å². The lowest BCUT2D eigenvalue weighted by molar-refractivity contribution is -0.137. The molecule has 1 aromatic rings. The molecule has 0 bridgehead atoms. The summed E-state index contributed by atoms with van der Waals surface area (Å²) in [6, 6.07) is 7.71. The van der Waals surface area contributed by atoms with Gasteiger partial charge in [-0.15, -0.1) is 0 Å². The van der Waals surface area contributed by atoms with Crippen LogP contribution < -0.4 is 0 Å². The smallest absolute Gasteiger partial charge is 0.297 e. The molecule has 0 heterocycles. The van der Waals surface area contributed by atoms with Crippen LogP contribution in [0.25, 0.3) is 0 Å². The molecule has 0 spiro atoms. The number of rotatable bonds is 10. The highest BCUT2D eigenvalue weighted by Crippen LogP contribution is 2.24. The third kappa shape index (κ3) is 6.50. The van der Waals surface area contributed by atoms with Gasteiger partial charge in [0.1, 0.15) is 0 Å². The molecule has 0 aliphatic heterocycles. The molecule has 0 saturated carbocycles. The van der Waals surface area contributed by atoms with Gasteiger partial charge in [0.25, 0.3) is 16.0 Å². The average Bonchev–Trinajstić information content (AvgIpc) is 2.72. The summed E-state index contributed by atoms with van der Waals surface area (Å²) >= 11 is 0. The van der Waals surface area contributed by atoms with Crippen molar-refractivity contribution in [1.82, 2.24) is 4.90 Å². The van der Waals surface area contributed by atoms with E-state index in [1.165, 1.54) is 24.0 Å². The quantitative estimate of drug-likeness (QED) is 0.581. The lowest BCUT2D eigenvalue weighted by atomic mass is 9.93. The summed E-state index contributed by atoms with van der Waals surface area (Å²) in [5, 5.41) is 9.17. The summed E-state index contributed by atoms with van der Waals surface area (Å²) in [5.41, 5.74) is 0.549. The van der Waals surface area contributed by atoms with Crippen molar-refractivity contribution in [2.24, 2.45) is 0 Å². The van der Waals surface area contributed by atoms with Crippen LogP contribution in [-0.2, 0) is 23.8 Å². The number of methoxy groups -OCH3 is 1. The standard InChI is InChI=1S/C21H29NO6S/c1-17(28-29(25,26)19-8-5-4-6-9-19)20(24)22(14-7-15-23)16-18-10-12-21(2,27-3)13-11-18/h4-6,8-12,17,23H,7,13-16H2,1-3H3/t17-,21?/m0/s1. The zero-order valence-corrected chi connectivity index (χ0v) is 17.9. The molecule has 1 aromatic carbocycles. The van der Waals surface area contributed by atoms with Crippen molar-refractivity contribution in [3.63, 3.8) is 0 Å². The van der Waals surface area contributed by atoms with Crippen LogP contribution in [0.3, 0.4) is 0 Å². The Morgan fingerprint density at radius 2 is 2.00 bits per heavy atom. The summed E-state index contributed by atoms with van der Waals surface area (Å²) in [7, 11) is -2.41. The highest BCUT2D eigenvalue weighted by Gasteiger charge is 2.28. The van der Waals surface area contributed by atoms with Gasteiger partial charge in [0.15, 0.2) is 6.10 Å². The van der Waals surface area contributed by atoms with Crippen LogP contribution in [-0.4, -0.2) is 62.8 Å². The Morgan fingerprint density at radius 1 is 1.31 bits per heavy atom. The Morgan fingerprint density at radius 3 is 2.55 bits per heavy atom. The van der Waals surface area contributed by atoms with Crippen LogP contribution >= 0.6 is 0 Å². The fourth-order valence-corrected chi connectivity index (χ4v) is 3.97. The maximum absolute atomic E-state index is 12.9. The number of ether oxygens (including phenoxy) is 1. The zero-order valence-electron chi connectivity index (χ0n) is 17.1. The van der Waals surface area contributed by atoms with E-state index in [0.717, 1.165) is 5.57 Å². The van der Waals surface area contributed by atoms with Crippen molar-refractivity contribution >= 4 is 16.0 Å². The van der Waals surface area contributed by atoms with Gasteiger partial charge in [-0.3, -0.25) is 8.98 Å². The topological polar surface area (TPSA) is 93.1 Å². The number of hydrogen-bond acceptors (Lipinski definition) is 6. The second-order valence-corrected chi connectivity index (χ2v) is 8.75.